The molecule has 90 valence electrons. The molecular weight excluding hydrogens is 278 g/mol. The van der Waals surface area contributed by atoms with Crippen LogP contribution < -0.4 is 5.73 Å². The fourth-order valence-corrected chi connectivity index (χ4v) is 2.65. The van der Waals surface area contributed by atoms with E-state index in [1.807, 2.05) is 11.6 Å². The molecule has 0 radical (unpaired) electrons. The Morgan fingerprint density at radius 1 is 1.18 bits per heavy atom. The van der Waals surface area contributed by atoms with Crippen molar-refractivity contribution in [3.05, 3.63) is 33.4 Å². The average Bonchev–Trinajstić information content (AvgIpc) is 2.52. The maximum absolute atomic E-state index is 5.82. The van der Waals surface area contributed by atoms with Gasteiger partial charge in [-0.3, -0.25) is 0 Å². The Morgan fingerprint density at radius 3 is 2.35 bits per heavy atom. The minimum Gasteiger partial charge on any atom is -0.369 e. The highest BCUT2D eigenvalue weighted by Crippen LogP contribution is 2.33. The third-order valence-electron chi connectivity index (χ3n) is 3.40. The van der Waals surface area contributed by atoms with E-state index in [0.717, 1.165) is 10.3 Å². The smallest absolute Gasteiger partial charge is 0.201 e. The van der Waals surface area contributed by atoms with E-state index in [-0.39, 0.29) is 0 Å². The number of aromatic nitrogens is 2. The van der Waals surface area contributed by atoms with Crippen LogP contribution in [0.3, 0.4) is 0 Å². The number of nitrogens with zero attached hydrogens (tertiary/aromatic N) is 2. The molecule has 0 aliphatic rings. The molecule has 1 aromatic carbocycles. The fourth-order valence-electron chi connectivity index (χ4n) is 1.99. The van der Waals surface area contributed by atoms with Crippen molar-refractivity contribution in [1.29, 1.82) is 0 Å². The third-order valence-corrected chi connectivity index (χ3v) is 3.95. The van der Waals surface area contributed by atoms with Crippen molar-refractivity contribution in [3.63, 3.8) is 0 Å². The van der Waals surface area contributed by atoms with Crippen molar-refractivity contribution in [2.24, 2.45) is 7.05 Å². The van der Waals surface area contributed by atoms with Crippen LogP contribution in [0.4, 0.5) is 5.95 Å². The quantitative estimate of drug-likeness (QED) is 0.876. The topological polar surface area (TPSA) is 43.8 Å². The summed E-state index contributed by atoms with van der Waals surface area (Å²) in [4.78, 5) is 4.24. The van der Waals surface area contributed by atoms with Gasteiger partial charge in [0.15, 0.2) is 0 Å². The molecule has 2 aromatic rings. The second-order valence-electron chi connectivity index (χ2n) is 4.35. The summed E-state index contributed by atoms with van der Waals surface area (Å²) in [6, 6.07) is 4.26. The first-order valence-electron chi connectivity index (χ1n) is 5.48. The molecule has 2 rings (SSSR count). The number of hydrogen-bond donors (Lipinski definition) is 1. The largest absolute Gasteiger partial charge is 0.369 e. The Hall–Kier alpha value is -1.29. The Kier molecular flexibility index (Phi) is 3.00. The van der Waals surface area contributed by atoms with E-state index in [1.165, 1.54) is 22.3 Å². The molecule has 0 amide bonds. The summed E-state index contributed by atoms with van der Waals surface area (Å²) in [5.74, 6) is 0.518. The SMILES string of the molecule is Cc1ccc(-c2c(Br)nc(N)n2C)c(C)c1C. The molecule has 1 heterocycles. The molecule has 0 spiro atoms. The van der Waals surface area contributed by atoms with Crippen LogP contribution >= 0.6 is 15.9 Å². The summed E-state index contributed by atoms with van der Waals surface area (Å²) in [5.41, 5.74) is 11.9. The lowest BCUT2D eigenvalue weighted by Gasteiger charge is -2.12. The number of anilines is 1. The van der Waals surface area contributed by atoms with E-state index < -0.39 is 0 Å². The fraction of sp³-hybridized carbons (Fsp3) is 0.308. The van der Waals surface area contributed by atoms with Gasteiger partial charge in [-0.1, -0.05) is 12.1 Å². The summed E-state index contributed by atoms with van der Waals surface area (Å²) < 4.78 is 2.70. The standard InChI is InChI=1S/C13H16BrN3/c1-7-5-6-10(9(3)8(7)2)11-12(14)16-13(15)17(11)4/h5-6H,1-4H3,(H2,15,16). The number of aryl methyl sites for hydroxylation is 1. The zero-order valence-electron chi connectivity index (χ0n) is 10.5. The summed E-state index contributed by atoms with van der Waals surface area (Å²) >= 11 is 3.47. The van der Waals surface area contributed by atoms with Crippen molar-refractivity contribution < 1.29 is 0 Å². The van der Waals surface area contributed by atoms with E-state index in [1.54, 1.807) is 0 Å². The van der Waals surface area contributed by atoms with Gasteiger partial charge < -0.3 is 10.3 Å². The first-order valence-corrected chi connectivity index (χ1v) is 6.27. The number of benzene rings is 1. The lowest BCUT2D eigenvalue weighted by Crippen LogP contribution is -2.00. The van der Waals surface area contributed by atoms with Crippen molar-refractivity contribution in [3.8, 4) is 11.3 Å². The van der Waals surface area contributed by atoms with Crippen molar-refractivity contribution >= 4 is 21.9 Å². The first kappa shape index (κ1) is 12.2. The molecule has 0 aliphatic heterocycles. The van der Waals surface area contributed by atoms with E-state index in [4.69, 9.17) is 5.73 Å². The molecule has 0 saturated heterocycles. The minimum atomic E-state index is 0.518. The molecule has 1 aromatic heterocycles. The van der Waals surface area contributed by atoms with Crippen LogP contribution in [-0.2, 0) is 7.05 Å². The third kappa shape index (κ3) is 1.86. The number of halogens is 1. The zero-order valence-corrected chi connectivity index (χ0v) is 12.1. The van der Waals surface area contributed by atoms with Gasteiger partial charge in [0.2, 0.25) is 5.95 Å². The molecule has 4 heteroatoms. The molecule has 0 bridgehead atoms. The van der Waals surface area contributed by atoms with Gasteiger partial charge in [-0.25, -0.2) is 4.98 Å². The molecule has 17 heavy (non-hydrogen) atoms. The van der Waals surface area contributed by atoms with Gasteiger partial charge >= 0.3 is 0 Å². The highest BCUT2D eigenvalue weighted by atomic mass is 79.9. The average molecular weight is 294 g/mol. The highest BCUT2D eigenvalue weighted by molar-refractivity contribution is 9.10. The maximum atomic E-state index is 5.82. The van der Waals surface area contributed by atoms with Crippen LogP contribution in [0, 0.1) is 20.8 Å². The van der Waals surface area contributed by atoms with Crippen LogP contribution in [0.15, 0.2) is 16.7 Å². The van der Waals surface area contributed by atoms with E-state index >= 15 is 0 Å². The number of rotatable bonds is 1. The molecule has 2 N–H and O–H groups in total. The van der Waals surface area contributed by atoms with Crippen LogP contribution in [0.25, 0.3) is 11.3 Å². The Bertz CT molecular complexity index is 585. The second kappa shape index (κ2) is 4.18. The van der Waals surface area contributed by atoms with E-state index in [9.17, 15) is 0 Å². The van der Waals surface area contributed by atoms with Crippen molar-refractivity contribution in [1.82, 2.24) is 9.55 Å². The lowest BCUT2D eigenvalue weighted by atomic mass is 9.97. The summed E-state index contributed by atoms with van der Waals surface area (Å²) in [5, 5.41) is 0. The first-order chi connectivity index (χ1) is 7.93. The maximum Gasteiger partial charge on any atom is 0.201 e. The minimum absolute atomic E-state index is 0.518. The highest BCUT2D eigenvalue weighted by Gasteiger charge is 2.15. The van der Waals surface area contributed by atoms with Gasteiger partial charge in [0.1, 0.15) is 4.60 Å². The van der Waals surface area contributed by atoms with Crippen LogP contribution in [0.5, 0.6) is 0 Å². The Morgan fingerprint density at radius 2 is 1.82 bits per heavy atom. The van der Waals surface area contributed by atoms with Gasteiger partial charge in [0.05, 0.1) is 5.69 Å². The van der Waals surface area contributed by atoms with Crippen LogP contribution in [0.1, 0.15) is 16.7 Å². The number of nitrogen functional groups attached to an aromatic ring is 1. The van der Waals surface area contributed by atoms with Crippen molar-refractivity contribution in [2.45, 2.75) is 20.8 Å². The van der Waals surface area contributed by atoms with Crippen LogP contribution in [-0.4, -0.2) is 9.55 Å². The van der Waals surface area contributed by atoms with Gasteiger partial charge in [-0.2, -0.15) is 0 Å². The molecule has 0 unspecified atom stereocenters. The lowest BCUT2D eigenvalue weighted by molar-refractivity contribution is 0.936. The molecule has 0 saturated carbocycles. The number of hydrogen-bond acceptors (Lipinski definition) is 2. The predicted molar refractivity (Wildman–Crippen MR) is 75.0 cm³/mol. The zero-order chi connectivity index (χ0) is 12.7. The van der Waals surface area contributed by atoms with Crippen LogP contribution in [0.2, 0.25) is 0 Å². The molecule has 0 fully saturated rings. The van der Waals surface area contributed by atoms with Crippen molar-refractivity contribution in [2.75, 3.05) is 5.73 Å². The normalized spacial score (nSPS) is 10.9. The van der Waals surface area contributed by atoms with E-state index in [2.05, 4.69) is 53.8 Å². The van der Waals surface area contributed by atoms with E-state index in [0.29, 0.717) is 5.95 Å². The summed E-state index contributed by atoms with van der Waals surface area (Å²) in [7, 11) is 1.93. The van der Waals surface area contributed by atoms with Gasteiger partial charge in [-0.05, 0) is 53.4 Å². The molecule has 0 aliphatic carbocycles. The van der Waals surface area contributed by atoms with Gasteiger partial charge in [-0.15, -0.1) is 0 Å². The predicted octanol–water partition coefficient (Wildman–Crippen LogP) is 3.36. The number of imidazole rings is 1. The summed E-state index contributed by atoms with van der Waals surface area (Å²) in [6.45, 7) is 6.40. The molecule has 0 atom stereocenters. The monoisotopic (exact) mass is 293 g/mol. The molecular formula is C13H16BrN3. The molecule has 3 nitrogen and oxygen atoms in total. The second-order valence-corrected chi connectivity index (χ2v) is 5.10. The Labute approximate surface area is 110 Å². The van der Waals surface area contributed by atoms with Gasteiger partial charge in [0.25, 0.3) is 0 Å². The summed E-state index contributed by atoms with van der Waals surface area (Å²) in [6.07, 6.45) is 0. The van der Waals surface area contributed by atoms with Gasteiger partial charge in [0, 0.05) is 12.6 Å². The Balaban J connectivity index is 2.73. The number of nitrogens with two attached hydrogens (primary N) is 1.